The van der Waals surface area contributed by atoms with Crippen molar-refractivity contribution in [2.45, 2.75) is 19.6 Å². The number of rotatable bonds is 9. The minimum atomic E-state index is -5.92. The SMILES string of the molecule is C[C@H](Cn1cnc2c(N)ncnc21)OCP(=O)(O)OP(=O)(O)OP(=O)([O-])[O-].[Na+].[Na+]. The second-order valence-corrected chi connectivity index (χ2v) is 9.82. The summed E-state index contributed by atoms with van der Waals surface area (Å²) in [4.78, 5) is 50.9. The van der Waals surface area contributed by atoms with Crippen molar-refractivity contribution < 1.29 is 106 Å². The molecule has 2 heterocycles. The van der Waals surface area contributed by atoms with Gasteiger partial charge in [-0.15, -0.1) is 0 Å². The normalized spacial score (nSPS) is 16.9. The molecule has 2 unspecified atom stereocenters. The van der Waals surface area contributed by atoms with Gasteiger partial charge in [0.1, 0.15) is 18.2 Å². The first-order chi connectivity index (χ1) is 12.3. The van der Waals surface area contributed by atoms with Gasteiger partial charge in [0.2, 0.25) is 0 Å². The number of nitrogens with two attached hydrogens (primary N) is 1. The standard InChI is InChI=1S/C9H16N5O10P3.2Na/c1-6(2-14-4-13-7-8(10)11-3-12-9(7)14)22-5-25(15,16)23-27(20,21)24-26(17,18)19;;/h3-4,6H,2,5H2,1H3,(H,15,16)(H,20,21)(H2,10,11,12)(H2,17,18,19);;/q;2*+1/p-2/t6-;;/m1../s1. The molecule has 4 N–H and O–H groups in total. The number of nitrogens with zero attached hydrogens (tertiary/aromatic N) is 4. The van der Waals surface area contributed by atoms with E-state index in [0.29, 0.717) is 11.2 Å². The van der Waals surface area contributed by atoms with Gasteiger partial charge in [0.15, 0.2) is 11.5 Å². The molecule has 152 valence electrons. The average molecular weight is 491 g/mol. The molecule has 0 saturated carbocycles. The van der Waals surface area contributed by atoms with Gasteiger partial charge in [-0.1, -0.05) is 0 Å². The number of imidazole rings is 1. The zero-order valence-corrected chi connectivity index (χ0v) is 22.2. The fraction of sp³-hybridized carbons (Fsp3) is 0.444. The molecule has 0 aromatic carbocycles. The zero-order chi connectivity index (χ0) is 20.5. The van der Waals surface area contributed by atoms with Crippen LogP contribution in [0.3, 0.4) is 0 Å². The Labute approximate surface area is 208 Å². The largest absolute Gasteiger partial charge is 1.00 e. The van der Waals surface area contributed by atoms with Gasteiger partial charge in [-0.25, -0.2) is 23.8 Å². The van der Waals surface area contributed by atoms with Gasteiger partial charge in [-0.05, 0) is 6.92 Å². The third kappa shape index (κ3) is 9.84. The van der Waals surface area contributed by atoms with E-state index < -0.39 is 35.7 Å². The third-order valence-corrected chi connectivity index (χ3v) is 6.79. The average Bonchev–Trinajstić information content (AvgIpc) is 2.86. The summed E-state index contributed by atoms with van der Waals surface area (Å²) in [6.07, 6.45) is 0.779. The molecule has 3 atom stereocenters. The maximum atomic E-state index is 11.7. The molecule has 2 rings (SSSR count). The van der Waals surface area contributed by atoms with E-state index in [4.69, 9.17) is 15.4 Å². The van der Waals surface area contributed by atoms with Crippen molar-refractivity contribution in [3.63, 3.8) is 0 Å². The van der Waals surface area contributed by atoms with Gasteiger partial charge in [0, 0.05) is 0 Å². The van der Waals surface area contributed by atoms with Crippen LogP contribution in [0, 0.1) is 0 Å². The second kappa shape index (κ2) is 11.6. The zero-order valence-electron chi connectivity index (χ0n) is 15.5. The molecule has 0 aliphatic heterocycles. The molecular formula is C9H14N5Na2O10P3. The Hall–Kier alpha value is 0.760. The monoisotopic (exact) mass is 491 g/mol. The molecule has 20 heteroatoms. The van der Waals surface area contributed by atoms with Crippen molar-refractivity contribution in [3.8, 4) is 0 Å². The van der Waals surface area contributed by atoms with Crippen LogP contribution in [0.15, 0.2) is 12.7 Å². The molecule has 29 heavy (non-hydrogen) atoms. The maximum Gasteiger partial charge on any atom is 1.00 e. The third-order valence-electron chi connectivity index (χ3n) is 2.84. The Morgan fingerprint density at radius 1 is 1.17 bits per heavy atom. The first-order valence-electron chi connectivity index (χ1n) is 6.90. The van der Waals surface area contributed by atoms with Crippen LogP contribution in [0.1, 0.15) is 6.92 Å². The van der Waals surface area contributed by atoms with Crippen molar-refractivity contribution in [3.05, 3.63) is 12.7 Å². The first kappa shape index (κ1) is 29.8. The van der Waals surface area contributed by atoms with Crippen LogP contribution in [-0.4, -0.2) is 41.8 Å². The van der Waals surface area contributed by atoms with E-state index in [-0.39, 0.29) is 71.5 Å². The van der Waals surface area contributed by atoms with Crippen LogP contribution in [0.25, 0.3) is 11.2 Å². The van der Waals surface area contributed by atoms with E-state index in [1.165, 1.54) is 24.1 Å². The number of anilines is 1. The molecule has 15 nitrogen and oxygen atoms in total. The van der Waals surface area contributed by atoms with Crippen LogP contribution < -0.4 is 74.6 Å². The fourth-order valence-corrected chi connectivity index (χ4v) is 5.23. The summed E-state index contributed by atoms with van der Waals surface area (Å²) in [6, 6.07) is 0. The molecule has 0 bridgehead atoms. The number of ether oxygens (including phenoxy) is 1. The number of fused-ring (bicyclic) bond motifs is 1. The van der Waals surface area contributed by atoms with Gasteiger partial charge in [-0.3, -0.25) is 8.88 Å². The van der Waals surface area contributed by atoms with Gasteiger partial charge in [0.05, 0.1) is 26.8 Å². The number of phosphoric acid groups is 2. The Bertz CT molecular complexity index is 969. The molecule has 0 fully saturated rings. The summed E-state index contributed by atoms with van der Waals surface area (Å²) < 4.78 is 46.9. The maximum absolute atomic E-state index is 11.7. The first-order valence-corrected chi connectivity index (χ1v) is 11.6. The van der Waals surface area contributed by atoms with Gasteiger partial charge in [0.25, 0.3) is 0 Å². The summed E-state index contributed by atoms with van der Waals surface area (Å²) >= 11 is 0. The van der Waals surface area contributed by atoms with Crippen molar-refractivity contribution >= 4 is 40.2 Å². The molecule has 2 aromatic heterocycles. The molecule has 0 aliphatic carbocycles. The quantitative estimate of drug-likeness (QED) is 0.218. The molecule has 0 spiro atoms. The molecule has 0 aliphatic rings. The van der Waals surface area contributed by atoms with Crippen LogP contribution in [0.5, 0.6) is 0 Å². The van der Waals surface area contributed by atoms with Crippen molar-refractivity contribution in [1.29, 1.82) is 0 Å². The van der Waals surface area contributed by atoms with E-state index in [0.717, 1.165) is 0 Å². The van der Waals surface area contributed by atoms with E-state index in [9.17, 15) is 28.4 Å². The number of aromatic nitrogens is 4. The number of nitrogen functional groups attached to an aromatic ring is 1. The van der Waals surface area contributed by atoms with Crippen LogP contribution in [0.4, 0.5) is 5.82 Å². The Morgan fingerprint density at radius 3 is 2.38 bits per heavy atom. The van der Waals surface area contributed by atoms with Crippen LogP contribution in [-0.2, 0) is 33.6 Å². The van der Waals surface area contributed by atoms with Crippen molar-refractivity contribution in [2.24, 2.45) is 0 Å². The fourth-order valence-electron chi connectivity index (χ4n) is 1.91. The summed E-state index contributed by atoms with van der Waals surface area (Å²) in [5.41, 5.74) is 6.38. The van der Waals surface area contributed by atoms with Crippen molar-refractivity contribution in [2.75, 3.05) is 12.1 Å². The number of hydrogen-bond acceptors (Lipinski definition) is 12. The van der Waals surface area contributed by atoms with E-state index in [1.807, 2.05) is 0 Å². The Balaban J connectivity index is 0.00000392. The summed E-state index contributed by atoms with van der Waals surface area (Å²) in [6.45, 7) is 1.59. The van der Waals surface area contributed by atoms with Crippen LogP contribution in [0.2, 0.25) is 0 Å². The van der Waals surface area contributed by atoms with Crippen molar-refractivity contribution in [1.82, 2.24) is 19.5 Å². The molecule has 2 aromatic rings. The van der Waals surface area contributed by atoms with E-state index in [1.54, 1.807) is 0 Å². The van der Waals surface area contributed by atoms with Gasteiger partial charge in [-0.2, -0.15) is 0 Å². The van der Waals surface area contributed by atoms with Gasteiger partial charge < -0.3 is 39.2 Å². The van der Waals surface area contributed by atoms with E-state index in [2.05, 4.69) is 23.6 Å². The Morgan fingerprint density at radius 2 is 1.79 bits per heavy atom. The summed E-state index contributed by atoms with van der Waals surface area (Å²) in [5, 5.41) is 0. The van der Waals surface area contributed by atoms with E-state index >= 15 is 0 Å². The second-order valence-electron chi connectivity index (χ2n) is 5.15. The van der Waals surface area contributed by atoms with Gasteiger partial charge >= 0.3 is 74.5 Å². The topological polar surface area (TPSA) is 235 Å². The smallest absolute Gasteiger partial charge is 0.789 e. The minimum absolute atomic E-state index is 0. The minimum Gasteiger partial charge on any atom is -0.789 e. The molecular weight excluding hydrogens is 477 g/mol. The summed E-state index contributed by atoms with van der Waals surface area (Å²) in [5.74, 6) is 0.160. The molecule has 0 saturated heterocycles. The summed E-state index contributed by atoms with van der Waals surface area (Å²) in [7, 11) is -16.5. The number of hydrogen-bond donors (Lipinski definition) is 3. The molecule has 0 amide bonds. The molecule has 0 radical (unpaired) electrons. The predicted octanol–water partition coefficient (Wildman–Crippen LogP) is -7.07. The van der Waals surface area contributed by atoms with Crippen LogP contribution >= 0.6 is 23.2 Å². The predicted molar refractivity (Wildman–Crippen MR) is 84.6 cm³/mol. The Kier molecular flexibility index (Phi) is 11.9.